The molecule has 0 saturated heterocycles. The van der Waals surface area contributed by atoms with Gasteiger partial charge in [0.1, 0.15) is 5.82 Å². The molecular formula is C22H23N3O3. The first-order valence-corrected chi connectivity index (χ1v) is 9.28. The molecule has 1 amide bonds. The number of aromatic nitrogens is 2. The van der Waals surface area contributed by atoms with Crippen molar-refractivity contribution in [1.29, 1.82) is 0 Å². The average Bonchev–Trinajstić information content (AvgIpc) is 3.28. The lowest BCUT2D eigenvalue weighted by molar-refractivity contribution is 0.0677. The van der Waals surface area contributed by atoms with Crippen LogP contribution < -0.4 is 9.47 Å². The van der Waals surface area contributed by atoms with Gasteiger partial charge in [0, 0.05) is 30.1 Å². The van der Waals surface area contributed by atoms with E-state index in [1.807, 2.05) is 41.3 Å². The standard InChI is InChI=1S/C22H23N3O3/c1-14-18-13-20(28-3)19(27-2)12-15(18)7-10-25(14)22(26)17-6-4-5-16(11-17)21-23-8-9-24-21/h4-6,8-9,11-14H,7,10H2,1-3H3,(H,23,24)/t14-/m1/s1. The summed E-state index contributed by atoms with van der Waals surface area (Å²) >= 11 is 0. The van der Waals surface area contributed by atoms with E-state index in [1.165, 1.54) is 5.56 Å². The highest BCUT2D eigenvalue weighted by Gasteiger charge is 2.30. The largest absolute Gasteiger partial charge is 0.493 e. The number of carbonyl (C=O) groups excluding carboxylic acids is 1. The number of imidazole rings is 1. The van der Waals surface area contributed by atoms with Crippen LogP contribution in [0.4, 0.5) is 0 Å². The first-order chi connectivity index (χ1) is 13.6. The van der Waals surface area contributed by atoms with Crippen molar-refractivity contribution in [2.45, 2.75) is 19.4 Å². The zero-order valence-corrected chi connectivity index (χ0v) is 16.2. The maximum atomic E-state index is 13.3. The summed E-state index contributed by atoms with van der Waals surface area (Å²) in [4.78, 5) is 22.5. The van der Waals surface area contributed by atoms with Crippen LogP contribution in [-0.2, 0) is 6.42 Å². The van der Waals surface area contributed by atoms with Crippen molar-refractivity contribution < 1.29 is 14.3 Å². The van der Waals surface area contributed by atoms with Crippen molar-refractivity contribution >= 4 is 5.91 Å². The third-order valence-electron chi connectivity index (χ3n) is 5.33. The van der Waals surface area contributed by atoms with Gasteiger partial charge in [-0.1, -0.05) is 12.1 Å². The third-order valence-corrected chi connectivity index (χ3v) is 5.33. The van der Waals surface area contributed by atoms with Gasteiger partial charge in [0.15, 0.2) is 11.5 Å². The van der Waals surface area contributed by atoms with Crippen molar-refractivity contribution in [2.24, 2.45) is 0 Å². The molecule has 2 aromatic carbocycles. The Hall–Kier alpha value is -3.28. The number of methoxy groups -OCH3 is 2. The van der Waals surface area contributed by atoms with Gasteiger partial charge in [0.2, 0.25) is 0 Å². The molecule has 144 valence electrons. The van der Waals surface area contributed by atoms with Crippen LogP contribution in [0, 0.1) is 0 Å². The molecule has 0 unspecified atom stereocenters. The summed E-state index contributed by atoms with van der Waals surface area (Å²) < 4.78 is 10.9. The van der Waals surface area contributed by atoms with E-state index in [0.717, 1.165) is 29.1 Å². The summed E-state index contributed by atoms with van der Waals surface area (Å²) in [6, 6.07) is 11.5. The number of nitrogens with one attached hydrogen (secondary N) is 1. The minimum Gasteiger partial charge on any atom is -0.493 e. The molecule has 1 N–H and O–H groups in total. The van der Waals surface area contributed by atoms with Crippen molar-refractivity contribution in [1.82, 2.24) is 14.9 Å². The summed E-state index contributed by atoms with van der Waals surface area (Å²) in [6.45, 7) is 2.71. The van der Waals surface area contributed by atoms with Crippen LogP contribution in [0.25, 0.3) is 11.4 Å². The van der Waals surface area contributed by atoms with Crippen molar-refractivity contribution in [3.63, 3.8) is 0 Å². The Morgan fingerprint density at radius 3 is 2.68 bits per heavy atom. The second kappa shape index (κ2) is 7.38. The Bertz CT molecular complexity index is 998. The molecule has 6 nitrogen and oxygen atoms in total. The van der Waals surface area contributed by atoms with E-state index >= 15 is 0 Å². The van der Waals surface area contributed by atoms with Gasteiger partial charge < -0.3 is 19.4 Å². The fourth-order valence-electron chi connectivity index (χ4n) is 3.81. The molecule has 1 aromatic heterocycles. The Balaban J connectivity index is 1.64. The normalized spacial score (nSPS) is 15.8. The minimum atomic E-state index is -0.0525. The number of amides is 1. The highest BCUT2D eigenvalue weighted by Crippen LogP contribution is 2.38. The summed E-state index contributed by atoms with van der Waals surface area (Å²) in [6.07, 6.45) is 4.26. The lowest BCUT2D eigenvalue weighted by atomic mass is 9.92. The fraction of sp³-hybridized carbons (Fsp3) is 0.273. The maximum Gasteiger partial charge on any atom is 0.254 e. The fourth-order valence-corrected chi connectivity index (χ4v) is 3.81. The van der Waals surface area contributed by atoms with Crippen LogP contribution in [0.3, 0.4) is 0 Å². The summed E-state index contributed by atoms with van der Waals surface area (Å²) in [5.74, 6) is 2.17. The number of hydrogen-bond acceptors (Lipinski definition) is 4. The number of hydrogen-bond donors (Lipinski definition) is 1. The molecule has 0 aliphatic carbocycles. The van der Waals surface area contributed by atoms with Crippen LogP contribution in [0.15, 0.2) is 48.8 Å². The molecule has 0 saturated carbocycles. The monoisotopic (exact) mass is 377 g/mol. The van der Waals surface area contributed by atoms with E-state index in [2.05, 4.69) is 16.9 Å². The predicted octanol–water partition coefficient (Wildman–Crippen LogP) is 3.85. The number of nitrogens with zero attached hydrogens (tertiary/aromatic N) is 2. The lowest BCUT2D eigenvalue weighted by Gasteiger charge is -2.36. The topological polar surface area (TPSA) is 67.5 Å². The number of rotatable bonds is 4. The number of H-pyrrole nitrogens is 1. The van der Waals surface area contributed by atoms with Gasteiger partial charge in [-0.2, -0.15) is 0 Å². The quantitative estimate of drug-likeness (QED) is 0.750. The number of aromatic amines is 1. The Labute approximate surface area is 164 Å². The number of carbonyl (C=O) groups is 1. The second-order valence-corrected chi connectivity index (χ2v) is 6.85. The molecule has 0 bridgehead atoms. The molecule has 1 aliphatic heterocycles. The van der Waals surface area contributed by atoms with Gasteiger partial charge in [-0.25, -0.2) is 4.98 Å². The van der Waals surface area contributed by atoms with Crippen molar-refractivity contribution in [3.8, 4) is 22.9 Å². The molecule has 2 heterocycles. The maximum absolute atomic E-state index is 13.3. The molecular weight excluding hydrogens is 354 g/mol. The van der Waals surface area contributed by atoms with Gasteiger partial charge in [-0.3, -0.25) is 4.79 Å². The molecule has 1 atom stereocenters. The highest BCUT2D eigenvalue weighted by atomic mass is 16.5. The minimum absolute atomic E-state index is 0.0151. The van der Waals surface area contributed by atoms with Gasteiger partial charge in [-0.15, -0.1) is 0 Å². The smallest absolute Gasteiger partial charge is 0.254 e. The van der Waals surface area contributed by atoms with Crippen LogP contribution in [-0.4, -0.2) is 41.5 Å². The molecule has 0 radical (unpaired) electrons. The van der Waals surface area contributed by atoms with E-state index in [9.17, 15) is 4.79 Å². The van der Waals surface area contributed by atoms with E-state index in [0.29, 0.717) is 17.9 Å². The Morgan fingerprint density at radius 2 is 1.96 bits per heavy atom. The van der Waals surface area contributed by atoms with E-state index < -0.39 is 0 Å². The molecule has 0 spiro atoms. The molecule has 28 heavy (non-hydrogen) atoms. The second-order valence-electron chi connectivity index (χ2n) is 6.85. The molecule has 6 heteroatoms. The van der Waals surface area contributed by atoms with E-state index in [1.54, 1.807) is 26.6 Å². The van der Waals surface area contributed by atoms with Crippen molar-refractivity contribution in [3.05, 3.63) is 65.5 Å². The Morgan fingerprint density at radius 1 is 1.18 bits per heavy atom. The van der Waals surface area contributed by atoms with Gasteiger partial charge in [0.25, 0.3) is 5.91 Å². The van der Waals surface area contributed by atoms with Crippen LogP contribution in [0.2, 0.25) is 0 Å². The van der Waals surface area contributed by atoms with E-state index in [-0.39, 0.29) is 11.9 Å². The molecule has 1 aliphatic rings. The molecule has 0 fully saturated rings. The first kappa shape index (κ1) is 18.1. The van der Waals surface area contributed by atoms with Crippen LogP contribution in [0.1, 0.15) is 34.5 Å². The zero-order valence-electron chi connectivity index (χ0n) is 16.2. The predicted molar refractivity (Wildman–Crippen MR) is 107 cm³/mol. The summed E-state index contributed by atoms with van der Waals surface area (Å²) in [7, 11) is 3.26. The van der Waals surface area contributed by atoms with E-state index in [4.69, 9.17) is 9.47 Å². The van der Waals surface area contributed by atoms with Gasteiger partial charge >= 0.3 is 0 Å². The zero-order chi connectivity index (χ0) is 19.7. The van der Waals surface area contributed by atoms with Gasteiger partial charge in [0.05, 0.1) is 20.3 Å². The number of benzene rings is 2. The van der Waals surface area contributed by atoms with Gasteiger partial charge in [-0.05, 0) is 48.7 Å². The molecule has 3 aromatic rings. The van der Waals surface area contributed by atoms with Crippen LogP contribution in [0.5, 0.6) is 11.5 Å². The van der Waals surface area contributed by atoms with Crippen molar-refractivity contribution in [2.75, 3.05) is 20.8 Å². The average molecular weight is 377 g/mol. The summed E-state index contributed by atoms with van der Waals surface area (Å²) in [5, 5.41) is 0. The van der Waals surface area contributed by atoms with Crippen LogP contribution >= 0.6 is 0 Å². The Kier molecular flexibility index (Phi) is 4.77. The highest BCUT2D eigenvalue weighted by molar-refractivity contribution is 5.95. The lowest BCUT2D eigenvalue weighted by Crippen LogP contribution is -2.38. The number of ether oxygens (including phenoxy) is 2. The SMILES string of the molecule is COc1cc2c(cc1OC)[C@@H](C)N(C(=O)c1cccc(-c3ncc[nH]3)c1)CC2. The first-order valence-electron chi connectivity index (χ1n) is 9.28. The molecule has 4 rings (SSSR count). The third kappa shape index (κ3) is 3.11. The summed E-state index contributed by atoms with van der Waals surface area (Å²) in [5.41, 5.74) is 3.84. The number of fused-ring (bicyclic) bond motifs is 1.